The average molecular weight is 321 g/mol. The lowest BCUT2D eigenvalue weighted by Crippen LogP contribution is -2.06. The van der Waals surface area contributed by atoms with Crippen molar-refractivity contribution in [2.75, 3.05) is 0 Å². The van der Waals surface area contributed by atoms with Gasteiger partial charge in [0.1, 0.15) is 5.82 Å². The standard InChI is InChI=1S/C14H9Cl2F3O/c15-8-2-1-7(10(16)4-8)3-14(20)9-5-12(18)13(19)6-11(9)17/h1-2,4-6,14,20H,3H2. The van der Waals surface area contributed by atoms with E-state index in [4.69, 9.17) is 23.2 Å². The van der Waals surface area contributed by atoms with E-state index in [-0.39, 0.29) is 12.0 Å². The van der Waals surface area contributed by atoms with Crippen LogP contribution >= 0.6 is 23.2 Å². The molecule has 6 heteroatoms. The van der Waals surface area contributed by atoms with E-state index in [9.17, 15) is 18.3 Å². The maximum Gasteiger partial charge on any atom is 0.161 e. The van der Waals surface area contributed by atoms with E-state index < -0.39 is 23.6 Å². The zero-order chi connectivity index (χ0) is 14.9. The van der Waals surface area contributed by atoms with Gasteiger partial charge in [0.05, 0.1) is 6.10 Å². The Balaban J connectivity index is 2.28. The monoisotopic (exact) mass is 320 g/mol. The fraction of sp³-hybridized carbons (Fsp3) is 0.143. The molecular formula is C14H9Cl2F3O. The molecule has 0 spiro atoms. The number of aliphatic hydroxyl groups is 1. The Kier molecular flexibility index (Phi) is 4.58. The Morgan fingerprint density at radius 2 is 1.60 bits per heavy atom. The number of hydrogen-bond acceptors (Lipinski definition) is 1. The number of benzene rings is 2. The molecule has 1 nitrogen and oxygen atoms in total. The van der Waals surface area contributed by atoms with Crippen molar-refractivity contribution in [1.82, 2.24) is 0 Å². The predicted molar refractivity (Wildman–Crippen MR) is 71.4 cm³/mol. The molecule has 0 amide bonds. The SMILES string of the molecule is OC(Cc1ccc(Cl)cc1Cl)c1cc(F)c(F)cc1F. The molecule has 2 rings (SSSR count). The zero-order valence-electron chi connectivity index (χ0n) is 10.0. The van der Waals surface area contributed by atoms with E-state index in [1.165, 1.54) is 6.07 Å². The lowest BCUT2D eigenvalue weighted by molar-refractivity contribution is 0.172. The van der Waals surface area contributed by atoms with Crippen molar-refractivity contribution in [3.8, 4) is 0 Å². The van der Waals surface area contributed by atoms with E-state index in [0.29, 0.717) is 27.7 Å². The van der Waals surface area contributed by atoms with Crippen LogP contribution in [0.15, 0.2) is 30.3 Å². The molecule has 1 atom stereocenters. The summed E-state index contributed by atoms with van der Waals surface area (Å²) in [6, 6.07) is 5.66. The van der Waals surface area contributed by atoms with Gasteiger partial charge in [-0.05, 0) is 23.8 Å². The molecule has 1 unspecified atom stereocenters. The fourth-order valence-electron chi connectivity index (χ4n) is 1.80. The van der Waals surface area contributed by atoms with E-state index in [1.807, 2.05) is 0 Å². The van der Waals surface area contributed by atoms with Gasteiger partial charge in [0.25, 0.3) is 0 Å². The fourth-order valence-corrected chi connectivity index (χ4v) is 2.28. The lowest BCUT2D eigenvalue weighted by Gasteiger charge is -2.13. The van der Waals surface area contributed by atoms with Crippen LogP contribution in [-0.4, -0.2) is 5.11 Å². The highest BCUT2D eigenvalue weighted by Gasteiger charge is 2.18. The second-order valence-corrected chi connectivity index (χ2v) is 5.09. The van der Waals surface area contributed by atoms with Gasteiger partial charge in [-0.25, -0.2) is 13.2 Å². The summed E-state index contributed by atoms with van der Waals surface area (Å²) in [4.78, 5) is 0. The minimum atomic E-state index is -1.34. The second kappa shape index (κ2) is 6.04. The normalized spacial score (nSPS) is 12.5. The Labute approximate surface area is 123 Å². The molecule has 20 heavy (non-hydrogen) atoms. The van der Waals surface area contributed by atoms with Gasteiger partial charge in [0.15, 0.2) is 11.6 Å². The third-order valence-corrected chi connectivity index (χ3v) is 3.41. The third-order valence-electron chi connectivity index (χ3n) is 2.83. The Bertz CT molecular complexity index is 647. The molecule has 2 aromatic carbocycles. The van der Waals surface area contributed by atoms with Crippen molar-refractivity contribution in [2.24, 2.45) is 0 Å². The van der Waals surface area contributed by atoms with Crippen molar-refractivity contribution in [2.45, 2.75) is 12.5 Å². The van der Waals surface area contributed by atoms with Crippen LogP contribution in [0.4, 0.5) is 13.2 Å². The number of hydrogen-bond donors (Lipinski definition) is 1. The molecule has 0 bridgehead atoms. The van der Waals surface area contributed by atoms with E-state index in [0.717, 1.165) is 0 Å². The molecular weight excluding hydrogens is 312 g/mol. The number of halogens is 5. The van der Waals surface area contributed by atoms with Crippen LogP contribution in [-0.2, 0) is 6.42 Å². The summed E-state index contributed by atoms with van der Waals surface area (Å²) < 4.78 is 39.4. The molecule has 106 valence electrons. The maximum atomic E-state index is 13.5. The zero-order valence-corrected chi connectivity index (χ0v) is 11.5. The minimum Gasteiger partial charge on any atom is -0.388 e. The summed E-state index contributed by atoms with van der Waals surface area (Å²) >= 11 is 11.7. The molecule has 1 N–H and O–H groups in total. The molecule has 2 aromatic rings. The second-order valence-electron chi connectivity index (χ2n) is 4.24. The topological polar surface area (TPSA) is 20.2 Å². The first kappa shape index (κ1) is 15.2. The van der Waals surface area contributed by atoms with Crippen LogP contribution < -0.4 is 0 Å². The van der Waals surface area contributed by atoms with Crippen molar-refractivity contribution in [1.29, 1.82) is 0 Å². The molecule has 0 aromatic heterocycles. The highest BCUT2D eigenvalue weighted by atomic mass is 35.5. The molecule has 0 radical (unpaired) electrons. The van der Waals surface area contributed by atoms with Crippen molar-refractivity contribution >= 4 is 23.2 Å². The maximum absolute atomic E-state index is 13.5. The number of rotatable bonds is 3. The molecule has 0 saturated carbocycles. The molecule has 0 fully saturated rings. The van der Waals surface area contributed by atoms with Gasteiger partial charge in [-0.15, -0.1) is 0 Å². The van der Waals surface area contributed by atoms with Crippen LogP contribution in [0.25, 0.3) is 0 Å². The Morgan fingerprint density at radius 3 is 2.25 bits per heavy atom. The van der Waals surface area contributed by atoms with Gasteiger partial charge < -0.3 is 5.11 Å². The van der Waals surface area contributed by atoms with Gasteiger partial charge in [-0.2, -0.15) is 0 Å². The summed E-state index contributed by atoms with van der Waals surface area (Å²) in [6.45, 7) is 0. The molecule has 0 heterocycles. The molecule has 0 aliphatic rings. The average Bonchev–Trinajstić information content (AvgIpc) is 2.37. The summed E-state index contributed by atoms with van der Waals surface area (Å²) in [6.07, 6.45) is -1.39. The van der Waals surface area contributed by atoms with E-state index >= 15 is 0 Å². The van der Waals surface area contributed by atoms with Crippen LogP contribution in [0.1, 0.15) is 17.2 Å². The van der Waals surface area contributed by atoms with Gasteiger partial charge >= 0.3 is 0 Å². The molecule has 0 saturated heterocycles. The molecule has 0 aliphatic heterocycles. The van der Waals surface area contributed by atoms with E-state index in [2.05, 4.69) is 0 Å². The van der Waals surface area contributed by atoms with Crippen molar-refractivity contribution in [3.63, 3.8) is 0 Å². The smallest absolute Gasteiger partial charge is 0.161 e. The summed E-state index contributed by atoms with van der Waals surface area (Å²) in [5, 5.41) is 10.7. The summed E-state index contributed by atoms with van der Waals surface area (Å²) in [5.41, 5.74) is 0.197. The van der Waals surface area contributed by atoms with Crippen LogP contribution in [0.5, 0.6) is 0 Å². The van der Waals surface area contributed by atoms with Gasteiger partial charge in [0, 0.05) is 28.1 Å². The third kappa shape index (κ3) is 3.26. The largest absolute Gasteiger partial charge is 0.388 e. The first-order chi connectivity index (χ1) is 9.38. The predicted octanol–water partition coefficient (Wildman–Crippen LogP) is 4.69. The van der Waals surface area contributed by atoms with Crippen molar-refractivity contribution < 1.29 is 18.3 Å². The van der Waals surface area contributed by atoms with E-state index in [1.54, 1.807) is 12.1 Å². The van der Waals surface area contributed by atoms with Gasteiger partial charge in [-0.1, -0.05) is 29.3 Å². The van der Waals surface area contributed by atoms with Crippen LogP contribution in [0.2, 0.25) is 10.0 Å². The van der Waals surface area contributed by atoms with Crippen LogP contribution in [0, 0.1) is 17.5 Å². The van der Waals surface area contributed by atoms with Crippen LogP contribution in [0.3, 0.4) is 0 Å². The summed E-state index contributed by atoms with van der Waals surface area (Å²) in [5.74, 6) is -3.54. The lowest BCUT2D eigenvalue weighted by atomic mass is 10.0. The first-order valence-corrected chi connectivity index (χ1v) is 6.40. The first-order valence-electron chi connectivity index (χ1n) is 5.65. The highest BCUT2D eigenvalue weighted by molar-refractivity contribution is 6.35. The summed E-state index contributed by atoms with van der Waals surface area (Å²) in [7, 11) is 0. The number of aliphatic hydroxyl groups excluding tert-OH is 1. The van der Waals surface area contributed by atoms with Gasteiger partial charge in [0.2, 0.25) is 0 Å². The Hall–Kier alpha value is -1.23. The quantitative estimate of drug-likeness (QED) is 0.814. The minimum absolute atomic E-state index is 0.0437. The molecule has 0 aliphatic carbocycles. The van der Waals surface area contributed by atoms with Crippen molar-refractivity contribution in [3.05, 3.63) is 69.0 Å². The van der Waals surface area contributed by atoms with Gasteiger partial charge in [-0.3, -0.25) is 0 Å². The Morgan fingerprint density at radius 1 is 0.950 bits per heavy atom. The highest BCUT2D eigenvalue weighted by Crippen LogP contribution is 2.28.